The number of ether oxygens (including phenoxy) is 1. The Morgan fingerprint density at radius 1 is 1.10 bits per heavy atom. The summed E-state index contributed by atoms with van der Waals surface area (Å²) in [5.74, 6) is -1.14. The van der Waals surface area contributed by atoms with Crippen molar-refractivity contribution in [3.8, 4) is 5.75 Å². The molecule has 0 fully saturated rings. The second-order valence-corrected chi connectivity index (χ2v) is 4.24. The van der Waals surface area contributed by atoms with E-state index in [9.17, 15) is 9.59 Å². The van der Waals surface area contributed by atoms with Crippen LogP contribution < -0.4 is 10.1 Å². The summed E-state index contributed by atoms with van der Waals surface area (Å²) in [4.78, 5) is 22.3. The van der Waals surface area contributed by atoms with Crippen LogP contribution in [0.15, 0.2) is 46.9 Å². The van der Waals surface area contributed by atoms with Crippen molar-refractivity contribution in [2.45, 2.75) is 6.42 Å². The number of carbonyl (C=O) groups excluding carboxylic acids is 1. The molecule has 1 heterocycles. The maximum Gasteiger partial charge on any atom is 0.371 e. The number of amides is 1. The SMILES string of the molecule is O=C(O)c1ccc(C(=O)NCCCOc2ccccc2)o1. The van der Waals surface area contributed by atoms with Gasteiger partial charge in [-0.3, -0.25) is 4.79 Å². The summed E-state index contributed by atoms with van der Waals surface area (Å²) in [5.41, 5.74) is 0. The number of rotatable bonds is 7. The zero-order valence-electron chi connectivity index (χ0n) is 11.2. The third-order valence-electron chi connectivity index (χ3n) is 2.66. The number of nitrogens with one attached hydrogen (secondary N) is 1. The topological polar surface area (TPSA) is 88.8 Å². The van der Waals surface area contributed by atoms with E-state index < -0.39 is 11.9 Å². The predicted octanol–water partition coefficient (Wildman–Crippen LogP) is 2.18. The third kappa shape index (κ3) is 4.38. The fourth-order valence-corrected chi connectivity index (χ4v) is 1.64. The first-order valence-electron chi connectivity index (χ1n) is 6.46. The van der Waals surface area contributed by atoms with Crippen LogP contribution in [0.1, 0.15) is 27.5 Å². The fourth-order valence-electron chi connectivity index (χ4n) is 1.64. The molecule has 0 saturated heterocycles. The molecular weight excluding hydrogens is 274 g/mol. The molecule has 1 aromatic carbocycles. The highest BCUT2D eigenvalue weighted by Crippen LogP contribution is 2.09. The third-order valence-corrected chi connectivity index (χ3v) is 2.66. The summed E-state index contributed by atoms with van der Waals surface area (Å²) in [6.45, 7) is 0.887. The second-order valence-electron chi connectivity index (χ2n) is 4.24. The summed E-state index contributed by atoms with van der Waals surface area (Å²) in [5, 5.41) is 11.3. The van der Waals surface area contributed by atoms with Crippen LogP contribution in [0.5, 0.6) is 5.75 Å². The van der Waals surface area contributed by atoms with Gasteiger partial charge in [0.2, 0.25) is 5.76 Å². The lowest BCUT2D eigenvalue weighted by Gasteiger charge is -2.06. The molecule has 0 radical (unpaired) electrons. The predicted molar refractivity (Wildman–Crippen MR) is 74.6 cm³/mol. The molecule has 0 atom stereocenters. The molecule has 6 nitrogen and oxygen atoms in total. The van der Waals surface area contributed by atoms with E-state index in [0.717, 1.165) is 5.75 Å². The highest BCUT2D eigenvalue weighted by atomic mass is 16.5. The lowest BCUT2D eigenvalue weighted by Crippen LogP contribution is -2.25. The zero-order chi connectivity index (χ0) is 15.1. The second kappa shape index (κ2) is 7.14. The van der Waals surface area contributed by atoms with Gasteiger partial charge in [0.1, 0.15) is 5.75 Å². The van der Waals surface area contributed by atoms with Crippen LogP contribution in [-0.2, 0) is 0 Å². The van der Waals surface area contributed by atoms with Gasteiger partial charge in [0.05, 0.1) is 6.61 Å². The lowest BCUT2D eigenvalue weighted by molar-refractivity contribution is 0.0659. The average molecular weight is 289 g/mol. The van der Waals surface area contributed by atoms with Gasteiger partial charge in [0.25, 0.3) is 5.91 Å². The molecule has 1 aromatic heterocycles. The quantitative estimate of drug-likeness (QED) is 0.763. The number of carboxylic acids is 1. The first-order valence-corrected chi connectivity index (χ1v) is 6.46. The first-order chi connectivity index (χ1) is 10.2. The Hall–Kier alpha value is -2.76. The van der Waals surface area contributed by atoms with E-state index in [1.165, 1.54) is 12.1 Å². The molecule has 2 aromatic rings. The van der Waals surface area contributed by atoms with Crippen molar-refractivity contribution in [1.29, 1.82) is 0 Å². The molecule has 0 aliphatic heterocycles. The highest BCUT2D eigenvalue weighted by Gasteiger charge is 2.14. The van der Waals surface area contributed by atoms with Gasteiger partial charge < -0.3 is 19.6 Å². The van der Waals surface area contributed by atoms with Crippen molar-refractivity contribution in [3.05, 3.63) is 54.0 Å². The number of carboxylic acid groups (broad SMARTS) is 1. The minimum Gasteiger partial charge on any atom is -0.494 e. The summed E-state index contributed by atoms with van der Waals surface area (Å²) in [7, 11) is 0. The van der Waals surface area contributed by atoms with Crippen LogP contribution in [0.3, 0.4) is 0 Å². The number of hydrogen-bond acceptors (Lipinski definition) is 4. The normalized spacial score (nSPS) is 10.1. The van der Waals surface area contributed by atoms with Gasteiger partial charge in [-0.2, -0.15) is 0 Å². The standard InChI is InChI=1S/C15H15NO5/c17-14(12-7-8-13(21-12)15(18)19)16-9-4-10-20-11-5-2-1-3-6-11/h1-3,5-8H,4,9-10H2,(H,16,17)(H,18,19). The Morgan fingerprint density at radius 2 is 1.81 bits per heavy atom. The van der Waals surface area contributed by atoms with Gasteiger partial charge in [-0.25, -0.2) is 4.79 Å². The molecule has 0 saturated carbocycles. The van der Waals surface area contributed by atoms with Crippen molar-refractivity contribution in [2.75, 3.05) is 13.2 Å². The van der Waals surface area contributed by atoms with Crippen LogP contribution in [-0.4, -0.2) is 30.1 Å². The summed E-state index contributed by atoms with van der Waals surface area (Å²) in [6.07, 6.45) is 0.632. The monoisotopic (exact) mass is 289 g/mol. The van der Waals surface area contributed by atoms with E-state index in [4.69, 9.17) is 14.3 Å². The summed E-state index contributed by atoms with van der Waals surface area (Å²) >= 11 is 0. The van der Waals surface area contributed by atoms with Crippen molar-refractivity contribution < 1.29 is 23.8 Å². The van der Waals surface area contributed by atoms with E-state index >= 15 is 0 Å². The van der Waals surface area contributed by atoms with E-state index in [0.29, 0.717) is 19.6 Å². The Labute approximate surface area is 121 Å². The Bertz CT molecular complexity index is 606. The highest BCUT2D eigenvalue weighted by molar-refractivity contribution is 5.93. The molecule has 0 aliphatic rings. The minimum atomic E-state index is -1.20. The maximum absolute atomic E-state index is 11.7. The number of aromatic carboxylic acids is 1. The van der Waals surface area contributed by atoms with Gasteiger partial charge in [0, 0.05) is 6.54 Å². The first kappa shape index (κ1) is 14.6. The van der Waals surface area contributed by atoms with Crippen LogP contribution in [0, 0.1) is 0 Å². The minimum absolute atomic E-state index is 0.0172. The van der Waals surface area contributed by atoms with Gasteiger partial charge in [-0.1, -0.05) is 18.2 Å². The van der Waals surface area contributed by atoms with Gasteiger partial charge in [0.15, 0.2) is 5.76 Å². The number of furan rings is 1. The van der Waals surface area contributed by atoms with Crippen LogP contribution >= 0.6 is 0 Å². The van der Waals surface area contributed by atoms with Crippen molar-refractivity contribution in [1.82, 2.24) is 5.32 Å². The van der Waals surface area contributed by atoms with Crippen LogP contribution in [0.2, 0.25) is 0 Å². The summed E-state index contributed by atoms with van der Waals surface area (Å²) < 4.78 is 10.4. The molecule has 21 heavy (non-hydrogen) atoms. The van der Waals surface area contributed by atoms with E-state index in [1.807, 2.05) is 30.3 Å². The molecule has 6 heteroatoms. The Kier molecular flexibility index (Phi) is 4.98. The molecule has 1 amide bonds. The van der Waals surface area contributed by atoms with E-state index in [2.05, 4.69) is 5.32 Å². The van der Waals surface area contributed by atoms with Gasteiger partial charge >= 0.3 is 5.97 Å². The number of benzene rings is 1. The van der Waals surface area contributed by atoms with Crippen LogP contribution in [0.25, 0.3) is 0 Å². The van der Waals surface area contributed by atoms with Gasteiger partial charge in [-0.05, 0) is 30.7 Å². The summed E-state index contributed by atoms with van der Waals surface area (Å²) in [6, 6.07) is 12.0. The number of para-hydroxylation sites is 1. The average Bonchev–Trinajstić information content (AvgIpc) is 2.98. The number of carbonyl (C=O) groups is 2. The zero-order valence-corrected chi connectivity index (χ0v) is 11.2. The van der Waals surface area contributed by atoms with Gasteiger partial charge in [-0.15, -0.1) is 0 Å². The maximum atomic E-state index is 11.7. The largest absolute Gasteiger partial charge is 0.494 e. The Balaban J connectivity index is 1.68. The van der Waals surface area contributed by atoms with Crippen molar-refractivity contribution in [3.63, 3.8) is 0 Å². The van der Waals surface area contributed by atoms with Crippen LogP contribution in [0.4, 0.5) is 0 Å². The molecule has 0 spiro atoms. The molecule has 0 bridgehead atoms. The molecule has 0 unspecified atom stereocenters. The van der Waals surface area contributed by atoms with E-state index in [-0.39, 0.29) is 11.5 Å². The molecule has 110 valence electrons. The molecular formula is C15H15NO5. The molecule has 2 N–H and O–H groups in total. The van der Waals surface area contributed by atoms with Crippen molar-refractivity contribution in [2.24, 2.45) is 0 Å². The fraction of sp³-hybridized carbons (Fsp3) is 0.200. The smallest absolute Gasteiger partial charge is 0.371 e. The Morgan fingerprint density at radius 3 is 2.48 bits per heavy atom. The number of hydrogen-bond donors (Lipinski definition) is 2. The lowest BCUT2D eigenvalue weighted by atomic mass is 10.3. The molecule has 2 rings (SSSR count). The van der Waals surface area contributed by atoms with E-state index in [1.54, 1.807) is 0 Å². The molecule has 0 aliphatic carbocycles. The van der Waals surface area contributed by atoms with Crippen molar-refractivity contribution >= 4 is 11.9 Å².